The van der Waals surface area contributed by atoms with Crippen molar-refractivity contribution in [1.82, 2.24) is 0 Å². The van der Waals surface area contributed by atoms with Crippen LogP contribution in [0.15, 0.2) is 18.2 Å². The lowest BCUT2D eigenvalue weighted by molar-refractivity contribution is -0.189. The van der Waals surface area contributed by atoms with E-state index in [4.69, 9.17) is 10.00 Å². The third kappa shape index (κ3) is 3.39. The third-order valence-electron chi connectivity index (χ3n) is 2.56. The minimum Gasteiger partial charge on any atom is -0.480 e. The maximum Gasteiger partial charge on any atom is 0.425 e. The molecule has 1 aromatic rings. The highest BCUT2D eigenvalue weighted by Crippen LogP contribution is 2.28. The van der Waals surface area contributed by atoms with Crippen LogP contribution >= 0.6 is 0 Å². The van der Waals surface area contributed by atoms with E-state index >= 15 is 0 Å². The number of alkyl halides is 3. The summed E-state index contributed by atoms with van der Waals surface area (Å²) in [5.41, 5.74) is 1.01. The second-order valence-corrected chi connectivity index (χ2v) is 4.32. The van der Waals surface area contributed by atoms with Crippen LogP contribution in [0.5, 0.6) is 5.75 Å². The van der Waals surface area contributed by atoms with Gasteiger partial charge in [-0.1, -0.05) is 19.9 Å². The van der Waals surface area contributed by atoms with Crippen LogP contribution < -0.4 is 4.74 Å². The maximum atomic E-state index is 12.4. The van der Waals surface area contributed by atoms with E-state index in [0.29, 0.717) is 0 Å². The Morgan fingerprint density at radius 2 is 1.83 bits per heavy atom. The van der Waals surface area contributed by atoms with E-state index in [9.17, 15) is 13.2 Å². The number of rotatable bonds is 3. The lowest BCUT2D eigenvalue weighted by Crippen LogP contribution is -2.31. The second kappa shape index (κ2) is 5.30. The van der Waals surface area contributed by atoms with Gasteiger partial charge in [0.2, 0.25) is 0 Å². The van der Waals surface area contributed by atoms with E-state index in [0.717, 1.165) is 12.5 Å². The molecule has 0 N–H and O–H groups in total. The zero-order valence-corrected chi connectivity index (χ0v) is 10.4. The Labute approximate surface area is 104 Å². The Kier molecular flexibility index (Phi) is 4.23. The predicted molar refractivity (Wildman–Crippen MR) is 61.4 cm³/mol. The molecule has 0 aliphatic rings. The molecule has 0 heterocycles. The van der Waals surface area contributed by atoms with Crippen molar-refractivity contribution in [2.45, 2.75) is 39.0 Å². The van der Waals surface area contributed by atoms with Gasteiger partial charge in [0.1, 0.15) is 11.8 Å². The summed E-state index contributed by atoms with van der Waals surface area (Å²) in [6, 6.07) is 6.50. The van der Waals surface area contributed by atoms with Crippen molar-refractivity contribution in [3.05, 3.63) is 29.3 Å². The van der Waals surface area contributed by atoms with Crippen LogP contribution in [0.1, 0.15) is 37.8 Å². The number of halogens is 3. The topological polar surface area (TPSA) is 33.0 Å². The van der Waals surface area contributed by atoms with Gasteiger partial charge in [-0.3, -0.25) is 0 Å². The molecule has 5 heteroatoms. The molecule has 0 radical (unpaired) electrons. The number of hydrogen-bond donors (Lipinski definition) is 0. The third-order valence-corrected chi connectivity index (χ3v) is 2.56. The molecule has 0 spiro atoms. The average Bonchev–Trinajstić information content (AvgIpc) is 2.27. The fourth-order valence-electron chi connectivity index (χ4n) is 1.35. The van der Waals surface area contributed by atoms with Crippen LogP contribution in [0.2, 0.25) is 0 Å². The Hall–Kier alpha value is -1.70. The van der Waals surface area contributed by atoms with Gasteiger partial charge in [0.05, 0.1) is 5.56 Å². The number of benzene rings is 1. The van der Waals surface area contributed by atoms with Gasteiger partial charge in [-0.05, 0) is 30.5 Å². The van der Waals surface area contributed by atoms with Crippen LogP contribution in [-0.4, -0.2) is 12.3 Å². The molecule has 0 aliphatic carbocycles. The first-order valence-corrected chi connectivity index (χ1v) is 5.53. The Bertz CT molecular complexity index is 460. The van der Waals surface area contributed by atoms with Crippen molar-refractivity contribution >= 4 is 0 Å². The zero-order valence-electron chi connectivity index (χ0n) is 10.4. The normalized spacial score (nSPS) is 13.2. The van der Waals surface area contributed by atoms with Crippen LogP contribution in [0, 0.1) is 11.3 Å². The molecule has 1 rings (SSSR count). The van der Waals surface area contributed by atoms with Crippen molar-refractivity contribution in [2.24, 2.45) is 0 Å². The number of ether oxygens (including phenoxy) is 1. The quantitative estimate of drug-likeness (QED) is 0.819. The molecule has 0 saturated carbocycles. The molecule has 1 atom stereocenters. The Morgan fingerprint density at radius 1 is 1.22 bits per heavy atom. The second-order valence-electron chi connectivity index (χ2n) is 4.32. The summed E-state index contributed by atoms with van der Waals surface area (Å²) < 4.78 is 41.9. The zero-order chi connectivity index (χ0) is 13.9. The van der Waals surface area contributed by atoms with Crippen LogP contribution in [0.25, 0.3) is 0 Å². The van der Waals surface area contributed by atoms with Gasteiger partial charge in [-0.15, -0.1) is 0 Å². The lowest BCUT2D eigenvalue weighted by Gasteiger charge is -2.19. The summed E-state index contributed by atoms with van der Waals surface area (Å²) in [5, 5.41) is 8.93. The number of nitrogens with zero attached hydrogens (tertiary/aromatic N) is 1. The monoisotopic (exact) mass is 257 g/mol. The van der Waals surface area contributed by atoms with E-state index in [-0.39, 0.29) is 17.2 Å². The van der Waals surface area contributed by atoms with Crippen molar-refractivity contribution in [3.8, 4) is 11.8 Å². The van der Waals surface area contributed by atoms with Crippen molar-refractivity contribution in [3.63, 3.8) is 0 Å². The minimum absolute atomic E-state index is 0.0354. The molecule has 0 bridgehead atoms. The number of hydrogen-bond acceptors (Lipinski definition) is 2. The first-order chi connectivity index (χ1) is 8.25. The standard InChI is InChI=1S/C13H14F3NO/c1-8(2)10-4-5-12(11(6-10)7-17)18-9(3)13(14,15)16/h4-6,8-9H,1-3H3. The van der Waals surface area contributed by atoms with Crippen molar-refractivity contribution < 1.29 is 17.9 Å². The summed E-state index contributed by atoms with van der Waals surface area (Å²) in [6.07, 6.45) is -6.38. The van der Waals surface area contributed by atoms with Crippen LogP contribution in [0.4, 0.5) is 13.2 Å². The van der Waals surface area contributed by atoms with Gasteiger partial charge >= 0.3 is 6.18 Å². The fraction of sp³-hybridized carbons (Fsp3) is 0.462. The van der Waals surface area contributed by atoms with E-state index in [1.807, 2.05) is 19.9 Å². The molecule has 0 aliphatic heterocycles. The van der Waals surface area contributed by atoms with E-state index in [1.54, 1.807) is 12.1 Å². The molecule has 2 nitrogen and oxygen atoms in total. The van der Waals surface area contributed by atoms with Crippen molar-refractivity contribution in [2.75, 3.05) is 0 Å². The summed E-state index contributed by atoms with van der Waals surface area (Å²) in [7, 11) is 0. The number of nitriles is 1. The maximum absolute atomic E-state index is 12.4. The van der Waals surface area contributed by atoms with E-state index < -0.39 is 12.3 Å². The van der Waals surface area contributed by atoms with Gasteiger partial charge in [0.15, 0.2) is 6.10 Å². The minimum atomic E-state index is -4.44. The lowest BCUT2D eigenvalue weighted by atomic mass is 10.0. The van der Waals surface area contributed by atoms with Gasteiger partial charge in [0, 0.05) is 0 Å². The fourth-order valence-corrected chi connectivity index (χ4v) is 1.35. The van der Waals surface area contributed by atoms with E-state index in [1.165, 1.54) is 6.07 Å². The summed E-state index contributed by atoms with van der Waals surface area (Å²) in [6.45, 7) is 4.79. The van der Waals surface area contributed by atoms with Crippen LogP contribution in [0.3, 0.4) is 0 Å². The predicted octanol–water partition coefficient (Wildman–Crippen LogP) is 4.01. The van der Waals surface area contributed by atoms with Crippen LogP contribution in [-0.2, 0) is 0 Å². The molecule has 18 heavy (non-hydrogen) atoms. The first-order valence-electron chi connectivity index (χ1n) is 5.53. The largest absolute Gasteiger partial charge is 0.480 e. The summed E-state index contributed by atoms with van der Waals surface area (Å²) >= 11 is 0. The molecule has 1 unspecified atom stereocenters. The van der Waals surface area contributed by atoms with Gasteiger partial charge < -0.3 is 4.74 Å². The molecule has 0 amide bonds. The highest BCUT2D eigenvalue weighted by molar-refractivity contribution is 5.46. The van der Waals surface area contributed by atoms with Crippen molar-refractivity contribution in [1.29, 1.82) is 5.26 Å². The smallest absolute Gasteiger partial charge is 0.425 e. The highest BCUT2D eigenvalue weighted by atomic mass is 19.4. The SMILES string of the molecule is CC(C)c1ccc(OC(C)C(F)(F)F)c(C#N)c1. The Balaban J connectivity index is 3.01. The first kappa shape index (κ1) is 14.4. The van der Waals surface area contributed by atoms with Gasteiger partial charge in [-0.25, -0.2) is 0 Å². The highest BCUT2D eigenvalue weighted by Gasteiger charge is 2.38. The molecule has 0 aromatic heterocycles. The molecule has 1 aromatic carbocycles. The Morgan fingerprint density at radius 3 is 2.28 bits per heavy atom. The average molecular weight is 257 g/mol. The molecule has 98 valence electrons. The summed E-state index contributed by atoms with van der Waals surface area (Å²) in [4.78, 5) is 0. The van der Waals surface area contributed by atoms with Gasteiger partial charge in [0.25, 0.3) is 0 Å². The van der Waals surface area contributed by atoms with Gasteiger partial charge in [-0.2, -0.15) is 18.4 Å². The molecule has 0 saturated heterocycles. The molecule has 0 fully saturated rings. The van der Waals surface area contributed by atoms with E-state index in [2.05, 4.69) is 0 Å². The summed E-state index contributed by atoms with van der Waals surface area (Å²) in [5.74, 6) is 0.165. The molecular formula is C13H14F3NO. The molecular weight excluding hydrogens is 243 g/mol.